The fraction of sp³-hybridized carbons (Fsp3) is 0.316. The Hall–Kier alpha value is -2.51. The van der Waals surface area contributed by atoms with Crippen molar-refractivity contribution in [2.45, 2.75) is 12.5 Å². The van der Waals surface area contributed by atoms with E-state index in [1.807, 2.05) is 30.3 Å². The van der Waals surface area contributed by atoms with Crippen LogP contribution in [0.1, 0.15) is 22.6 Å². The second-order valence-corrected chi connectivity index (χ2v) is 6.46. The molecule has 0 bridgehead atoms. The van der Waals surface area contributed by atoms with Crippen molar-refractivity contribution in [2.24, 2.45) is 0 Å². The Balaban J connectivity index is 2.13. The minimum atomic E-state index is 0.162. The molecule has 4 nitrogen and oxygen atoms in total. The van der Waals surface area contributed by atoms with Crippen molar-refractivity contribution in [2.75, 3.05) is 27.2 Å². The number of nitriles is 1. The maximum absolute atomic E-state index is 10.2. The van der Waals surface area contributed by atoms with E-state index in [4.69, 9.17) is 4.74 Å². The molecule has 0 aromatic heterocycles. The van der Waals surface area contributed by atoms with Crippen LogP contribution in [0.5, 0.6) is 11.5 Å². The monoisotopic (exact) mass is 309 g/mol. The number of hydrogen-bond acceptors (Lipinski definition) is 3. The second kappa shape index (κ2) is 5.94. The zero-order valence-corrected chi connectivity index (χ0v) is 13.5. The first-order chi connectivity index (χ1) is 11.1. The summed E-state index contributed by atoms with van der Waals surface area (Å²) in [5.74, 6) is 0.819. The van der Waals surface area contributed by atoms with Gasteiger partial charge in [-0.1, -0.05) is 30.3 Å². The molecular formula is C19H21N2O2+. The number of aromatic hydroxyl groups is 1. The lowest BCUT2D eigenvalue weighted by Gasteiger charge is -2.41. The van der Waals surface area contributed by atoms with E-state index in [1.165, 1.54) is 5.56 Å². The Bertz CT molecular complexity index is 752. The molecule has 2 unspecified atom stereocenters. The van der Waals surface area contributed by atoms with Crippen molar-refractivity contribution in [1.82, 2.24) is 0 Å². The number of nitrogens with zero attached hydrogens (tertiary/aromatic N) is 2. The molecule has 0 spiro atoms. The number of quaternary nitrogens is 1. The van der Waals surface area contributed by atoms with Gasteiger partial charge < -0.3 is 14.3 Å². The highest BCUT2D eigenvalue weighted by Gasteiger charge is 2.36. The summed E-state index contributed by atoms with van der Waals surface area (Å²) in [6.45, 7) is 2.07. The molecule has 0 amide bonds. The van der Waals surface area contributed by atoms with Crippen molar-refractivity contribution in [3.63, 3.8) is 0 Å². The third kappa shape index (κ3) is 2.88. The Morgan fingerprint density at radius 2 is 2.04 bits per heavy atom. The van der Waals surface area contributed by atoms with E-state index in [0.29, 0.717) is 16.8 Å². The zero-order chi connectivity index (χ0) is 16.4. The van der Waals surface area contributed by atoms with E-state index in [1.54, 1.807) is 7.11 Å². The van der Waals surface area contributed by atoms with Crippen molar-refractivity contribution in [1.29, 1.82) is 5.26 Å². The molecule has 2 aromatic carbocycles. The lowest BCUT2D eigenvalue weighted by Crippen LogP contribution is -2.49. The maximum atomic E-state index is 10.2. The van der Waals surface area contributed by atoms with Gasteiger partial charge in [0.2, 0.25) is 0 Å². The number of benzene rings is 2. The van der Waals surface area contributed by atoms with Gasteiger partial charge in [0, 0.05) is 5.56 Å². The third-order valence-corrected chi connectivity index (χ3v) is 4.65. The van der Waals surface area contributed by atoms with Gasteiger partial charge in [0.05, 0.1) is 26.6 Å². The number of fused-ring (bicyclic) bond motifs is 1. The number of phenols is 1. The molecule has 23 heavy (non-hydrogen) atoms. The van der Waals surface area contributed by atoms with Crippen LogP contribution in [0.15, 0.2) is 42.5 Å². The number of ether oxygens (including phenoxy) is 1. The topological polar surface area (TPSA) is 53.2 Å². The van der Waals surface area contributed by atoms with E-state index >= 15 is 0 Å². The fourth-order valence-corrected chi connectivity index (χ4v) is 3.53. The van der Waals surface area contributed by atoms with Crippen molar-refractivity contribution in [3.8, 4) is 17.6 Å². The van der Waals surface area contributed by atoms with Gasteiger partial charge in [-0.05, 0) is 23.3 Å². The van der Waals surface area contributed by atoms with E-state index in [9.17, 15) is 10.4 Å². The lowest BCUT2D eigenvalue weighted by atomic mass is 9.83. The number of phenolic OH excluding ortho intramolecular Hbond substituents is 1. The fourth-order valence-electron chi connectivity index (χ4n) is 3.53. The summed E-state index contributed by atoms with van der Waals surface area (Å²) in [7, 11) is 3.67. The molecule has 1 aliphatic heterocycles. The van der Waals surface area contributed by atoms with Crippen LogP contribution < -0.4 is 4.74 Å². The molecule has 4 heteroatoms. The zero-order valence-electron chi connectivity index (χ0n) is 13.5. The Morgan fingerprint density at radius 1 is 1.30 bits per heavy atom. The van der Waals surface area contributed by atoms with Gasteiger partial charge in [-0.2, -0.15) is 5.26 Å². The normalized spacial score (nSPS) is 22.9. The summed E-state index contributed by atoms with van der Waals surface area (Å²) >= 11 is 0. The van der Waals surface area contributed by atoms with Crippen molar-refractivity contribution in [3.05, 3.63) is 59.2 Å². The molecule has 3 rings (SSSR count). The van der Waals surface area contributed by atoms with Crippen LogP contribution in [0.2, 0.25) is 0 Å². The Morgan fingerprint density at radius 3 is 2.70 bits per heavy atom. The molecule has 1 heterocycles. The minimum Gasteiger partial charge on any atom is -0.504 e. The molecule has 1 N–H and O–H groups in total. The Kier molecular flexibility index (Phi) is 3.97. The number of hydrogen-bond donors (Lipinski definition) is 1. The van der Waals surface area contributed by atoms with Crippen LogP contribution in [0.4, 0.5) is 0 Å². The quantitative estimate of drug-likeness (QED) is 0.700. The molecule has 0 saturated heterocycles. The maximum Gasteiger partial charge on any atom is 0.166 e. The first kappa shape index (κ1) is 15.4. The summed E-state index contributed by atoms with van der Waals surface area (Å²) < 4.78 is 5.92. The van der Waals surface area contributed by atoms with Crippen molar-refractivity contribution >= 4 is 0 Å². The first-order valence-corrected chi connectivity index (χ1v) is 7.71. The summed E-state index contributed by atoms with van der Waals surface area (Å²) in [5, 5.41) is 19.4. The number of likely N-dealkylation sites (N-methyl/N-ethyl adjacent to an activating group) is 1. The number of rotatable bonds is 3. The predicted octanol–water partition coefficient (Wildman–Crippen LogP) is 3.02. The van der Waals surface area contributed by atoms with Crippen molar-refractivity contribution < 1.29 is 14.3 Å². The van der Waals surface area contributed by atoms with E-state index in [2.05, 4.69) is 25.2 Å². The van der Waals surface area contributed by atoms with Gasteiger partial charge in [-0.25, -0.2) is 0 Å². The second-order valence-electron chi connectivity index (χ2n) is 6.46. The highest BCUT2D eigenvalue weighted by molar-refractivity contribution is 5.50. The van der Waals surface area contributed by atoms with E-state index in [-0.39, 0.29) is 11.7 Å². The molecule has 1 aliphatic rings. The molecule has 118 valence electrons. The predicted molar refractivity (Wildman–Crippen MR) is 88.2 cm³/mol. The van der Waals surface area contributed by atoms with Gasteiger partial charge in [-0.15, -0.1) is 0 Å². The molecule has 0 fully saturated rings. The number of methoxy groups -OCH3 is 1. The highest BCUT2D eigenvalue weighted by atomic mass is 16.5. The SMILES string of the molecule is COc1cc2c(cc1O)C(c1ccccc1)C[N+](C)(CC#N)C2. The van der Waals surface area contributed by atoms with Gasteiger partial charge in [0.15, 0.2) is 18.0 Å². The summed E-state index contributed by atoms with van der Waals surface area (Å²) in [4.78, 5) is 0. The van der Waals surface area contributed by atoms with Gasteiger partial charge >= 0.3 is 0 Å². The van der Waals surface area contributed by atoms with E-state index < -0.39 is 0 Å². The smallest absolute Gasteiger partial charge is 0.166 e. The summed E-state index contributed by atoms with van der Waals surface area (Å²) in [6, 6.07) is 16.3. The lowest BCUT2D eigenvalue weighted by molar-refractivity contribution is -0.919. The van der Waals surface area contributed by atoms with Crippen LogP contribution in [-0.4, -0.2) is 36.8 Å². The minimum absolute atomic E-state index is 0.162. The van der Waals surface area contributed by atoms with Gasteiger partial charge in [0.25, 0.3) is 0 Å². The molecule has 2 atom stereocenters. The van der Waals surface area contributed by atoms with Gasteiger partial charge in [-0.3, -0.25) is 0 Å². The van der Waals surface area contributed by atoms with Crippen LogP contribution >= 0.6 is 0 Å². The molecule has 0 radical (unpaired) electrons. The van der Waals surface area contributed by atoms with Crippen LogP contribution in [0.3, 0.4) is 0 Å². The molecule has 0 saturated carbocycles. The molecular weight excluding hydrogens is 288 g/mol. The molecule has 0 aliphatic carbocycles. The van der Waals surface area contributed by atoms with Crippen LogP contribution in [-0.2, 0) is 6.54 Å². The van der Waals surface area contributed by atoms with Crippen LogP contribution in [0, 0.1) is 11.3 Å². The average Bonchev–Trinajstić information content (AvgIpc) is 2.55. The summed E-state index contributed by atoms with van der Waals surface area (Å²) in [6.07, 6.45) is 0. The first-order valence-electron chi connectivity index (χ1n) is 7.71. The van der Waals surface area contributed by atoms with Crippen LogP contribution in [0.25, 0.3) is 0 Å². The largest absolute Gasteiger partial charge is 0.504 e. The third-order valence-electron chi connectivity index (χ3n) is 4.65. The Labute approximate surface area is 136 Å². The average molecular weight is 309 g/mol. The highest BCUT2D eigenvalue weighted by Crippen LogP contribution is 2.41. The standard InChI is InChI=1S/C19H20N2O2/c1-21(9-8-20)12-15-10-19(23-2)18(22)11-16(15)17(13-21)14-6-4-3-5-7-14/h3-7,10-11,17H,9,12-13H2,1-2H3/p+1. The molecule has 2 aromatic rings. The van der Waals surface area contributed by atoms with Gasteiger partial charge in [0.1, 0.15) is 12.6 Å². The summed E-state index contributed by atoms with van der Waals surface area (Å²) in [5.41, 5.74) is 3.47. The van der Waals surface area contributed by atoms with E-state index in [0.717, 1.165) is 24.2 Å².